The van der Waals surface area contributed by atoms with Crippen molar-refractivity contribution in [1.29, 1.82) is 10.5 Å². The fourth-order valence-electron chi connectivity index (χ4n) is 3.07. The first kappa shape index (κ1) is 21.5. The van der Waals surface area contributed by atoms with Crippen LogP contribution in [0.5, 0.6) is 0 Å². The van der Waals surface area contributed by atoms with Gasteiger partial charge in [-0.05, 0) is 37.5 Å². The lowest BCUT2D eigenvalue weighted by Gasteiger charge is -2.34. The van der Waals surface area contributed by atoms with Crippen molar-refractivity contribution in [3.05, 3.63) is 45.5 Å². The highest BCUT2D eigenvalue weighted by Gasteiger charge is 2.44. The molecule has 0 bridgehead atoms. The van der Waals surface area contributed by atoms with E-state index in [1.165, 1.54) is 5.56 Å². The summed E-state index contributed by atoms with van der Waals surface area (Å²) >= 11 is 1.10. The number of carbonyl (C=O) groups excluding carboxylic acids is 2. The van der Waals surface area contributed by atoms with Crippen LogP contribution in [0.1, 0.15) is 43.5 Å². The van der Waals surface area contributed by atoms with Gasteiger partial charge in [-0.3, -0.25) is 9.59 Å². The maximum absolute atomic E-state index is 12.4. The smallest absolute Gasteiger partial charge is 0.243 e. The molecule has 1 aliphatic rings. The van der Waals surface area contributed by atoms with Gasteiger partial charge in [-0.25, -0.2) is 0 Å². The number of hydrogen-bond acceptors (Lipinski definition) is 5. The summed E-state index contributed by atoms with van der Waals surface area (Å²) in [4.78, 5) is 24.6. The van der Waals surface area contributed by atoms with Gasteiger partial charge in [0.15, 0.2) is 0 Å². The summed E-state index contributed by atoms with van der Waals surface area (Å²) in [6.07, 6.45) is 0. The molecule has 28 heavy (non-hydrogen) atoms. The number of rotatable bonds is 5. The van der Waals surface area contributed by atoms with Crippen molar-refractivity contribution in [2.24, 2.45) is 11.3 Å². The zero-order valence-electron chi connectivity index (χ0n) is 16.7. The summed E-state index contributed by atoms with van der Waals surface area (Å²) < 4.78 is 0. The standard InChI is InChI=1S/C21H24N4O2S/c1-12-6-7-15(8-13(12)2)14(3)24-18(26)11-28-20-17(10-23)21(4,5)16(9-22)19(27)25-20/h6-8,14,16H,11H2,1-5H3,(H,24,26)(H,25,27)/t14-,16+/m1/s1. The molecular formula is C21H24N4O2S. The lowest BCUT2D eigenvalue weighted by Crippen LogP contribution is -2.44. The van der Waals surface area contributed by atoms with E-state index in [9.17, 15) is 20.1 Å². The van der Waals surface area contributed by atoms with Gasteiger partial charge < -0.3 is 10.6 Å². The average molecular weight is 397 g/mol. The van der Waals surface area contributed by atoms with Gasteiger partial charge in [0, 0.05) is 5.41 Å². The molecule has 2 rings (SSSR count). The van der Waals surface area contributed by atoms with Crippen LogP contribution >= 0.6 is 11.8 Å². The summed E-state index contributed by atoms with van der Waals surface area (Å²) in [6.45, 7) is 9.37. The Kier molecular flexibility index (Phi) is 6.53. The minimum Gasteiger partial charge on any atom is -0.349 e. The number of nitrogens with zero attached hydrogens (tertiary/aromatic N) is 2. The van der Waals surface area contributed by atoms with Gasteiger partial charge in [0.2, 0.25) is 11.8 Å². The Bertz CT molecular complexity index is 921. The van der Waals surface area contributed by atoms with Crippen LogP contribution in [0.4, 0.5) is 0 Å². The van der Waals surface area contributed by atoms with E-state index in [0.29, 0.717) is 10.6 Å². The molecule has 7 heteroatoms. The van der Waals surface area contributed by atoms with Crippen LogP contribution in [0.25, 0.3) is 0 Å². The first-order valence-corrected chi connectivity index (χ1v) is 9.95. The second kappa shape index (κ2) is 8.50. The number of nitriles is 2. The molecule has 0 saturated heterocycles. The lowest BCUT2D eigenvalue weighted by molar-refractivity contribution is -0.125. The first-order chi connectivity index (χ1) is 13.1. The number of amides is 2. The molecule has 2 N–H and O–H groups in total. The molecule has 2 amide bonds. The second-order valence-electron chi connectivity index (χ2n) is 7.51. The molecule has 0 fully saturated rings. The Morgan fingerprint density at radius 3 is 2.57 bits per heavy atom. The van der Waals surface area contributed by atoms with Crippen LogP contribution in [0.15, 0.2) is 28.8 Å². The molecule has 0 aliphatic carbocycles. The molecule has 6 nitrogen and oxygen atoms in total. The van der Waals surface area contributed by atoms with Gasteiger partial charge in [0.05, 0.1) is 34.5 Å². The van der Waals surface area contributed by atoms with E-state index < -0.39 is 17.2 Å². The number of benzene rings is 1. The van der Waals surface area contributed by atoms with Gasteiger partial charge in [-0.1, -0.05) is 43.8 Å². The maximum atomic E-state index is 12.4. The molecule has 0 saturated carbocycles. The van der Waals surface area contributed by atoms with E-state index in [-0.39, 0.29) is 17.7 Å². The van der Waals surface area contributed by atoms with Crippen molar-refractivity contribution in [1.82, 2.24) is 10.6 Å². The minimum absolute atomic E-state index is 0.0588. The Labute approximate surface area is 170 Å². The normalized spacial score (nSPS) is 19.2. The van der Waals surface area contributed by atoms with Crippen LogP contribution in [-0.4, -0.2) is 17.6 Å². The zero-order chi connectivity index (χ0) is 21.1. The molecule has 0 aromatic heterocycles. The number of thioether (sulfide) groups is 1. The highest BCUT2D eigenvalue weighted by Crippen LogP contribution is 2.41. The molecule has 1 aliphatic heterocycles. The summed E-state index contributed by atoms with van der Waals surface area (Å²) in [5.74, 6) is -1.53. The number of aryl methyl sites for hydroxylation is 2. The predicted molar refractivity (Wildman–Crippen MR) is 109 cm³/mol. The zero-order valence-corrected chi connectivity index (χ0v) is 17.5. The van der Waals surface area contributed by atoms with Crippen molar-refractivity contribution in [3.8, 4) is 12.1 Å². The quantitative estimate of drug-likeness (QED) is 0.795. The number of nitrogens with one attached hydrogen (secondary N) is 2. The SMILES string of the molecule is Cc1ccc([C@@H](C)NC(=O)CSC2=C(C#N)C(C)(C)[C@@H](C#N)C(=O)N2)cc1C. The first-order valence-electron chi connectivity index (χ1n) is 8.96. The number of allylic oxidation sites excluding steroid dienone is 1. The topological polar surface area (TPSA) is 106 Å². The summed E-state index contributed by atoms with van der Waals surface area (Å²) in [7, 11) is 0. The third kappa shape index (κ3) is 4.37. The van der Waals surface area contributed by atoms with Crippen molar-refractivity contribution in [3.63, 3.8) is 0 Å². The minimum atomic E-state index is -0.940. The van der Waals surface area contributed by atoms with Crippen molar-refractivity contribution in [2.75, 3.05) is 5.75 Å². The molecule has 146 valence electrons. The largest absolute Gasteiger partial charge is 0.349 e. The monoisotopic (exact) mass is 396 g/mol. The van der Waals surface area contributed by atoms with Crippen molar-refractivity contribution >= 4 is 23.6 Å². The molecule has 1 aromatic carbocycles. The van der Waals surface area contributed by atoms with Crippen LogP contribution in [0.3, 0.4) is 0 Å². The Hall–Kier alpha value is -2.77. The second-order valence-corrected chi connectivity index (χ2v) is 8.50. The van der Waals surface area contributed by atoms with E-state index in [1.807, 2.05) is 39.0 Å². The Morgan fingerprint density at radius 1 is 1.32 bits per heavy atom. The molecule has 0 unspecified atom stereocenters. The van der Waals surface area contributed by atoms with E-state index in [2.05, 4.69) is 22.8 Å². The molecule has 1 heterocycles. The van der Waals surface area contributed by atoms with Crippen LogP contribution in [0, 0.1) is 47.8 Å². The summed E-state index contributed by atoms with van der Waals surface area (Å²) in [6, 6.07) is 9.96. The van der Waals surface area contributed by atoms with Gasteiger partial charge in [-0.2, -0.15) is 10.5 Å². The fraction of sp³-hybridized carbons (Fsp3) is 0.429. The average Bonchev–Trinajstić information content (AvgIpc) is 2.61. The summed E-state index contributed by atoms with van der Waals surface area (Å²) in [5, 5.41) is 24.7. The van der Waals surface area contributed by atoms with Crippen LogP contribution < -0.4 is 10.6 Å². The lowest BCUT2D eigenvalue weighted by atomic mass is 9.72. The van der Waals surface area contributed by atoms with E-state index in [1.54, 1.807) is 13.8 Å². The maximum Gasteiger partial charge on any atom is 0.243 e. The van der Waals surface area contributed by atoms with E-state index in [0.717, 1.165) is 22.9 Å². The highest BCUT2D eigenvalue weighted by atomic mass is 32.2. The Balaban J connectivity index is 2.08. The molecule has 2 atom stereocenters. The summed E-state index contributed by atoms with van der Waals surface area (Å²) in [5.41, 5.74) is 2.79. The third-order valence-corrected chi connectivity index (χ3v) is 6.09. The van der Waals surface area contributed by atoms with E-state index >= 15 is 0 Å². The Morgan fingerprint density at radius 2 is 2.00 bits per heavy atom. The van der Waals surface area contributed by atoms with Crippen LogP contribution in [0.2, 0.25) is 0 Å². The van der Waals surface area contributed by atoms with Crippen LogP contribution in [-0.2, 0) is 9.59 Å². The van der Waals surface area contributed by atoms with Gasteiger partial charge in [0.1, 0.15) is 5.92 Å². The predicted octanol–water partition coefficient (Wildman–Crippen LogP) is 3.24. The number of carbonyl (C=O) groups is 2. The molecule has 0 spiro atoms. The van der Waals surface area contributed by atoms with Crippen molar-refractivity contribution < 1.29 is 9.59 Å². The highest BCUT2D eigenvalue weighted by molar-refractivity contribution is 8.03. The third-order valence-electron chi connectivity index (χ3n) is 5.09. The molecular weight excluding hydrogens is 372 g/mol. The number of hydrogen-bond donors (Lipinski definition) is 2. The van der Waals surface area contributed by atoms with Gasteiger partial charge >= 0.3 is 0 Å². The van der Waals surface area contributed by atoms with Crippen molar-refractivity contribution in [2.45, 2.75) is 40.7 Å². The molecule has 0 radical (unpaired) electrons. The van der Waals surface area contributed by atoms with Gasteiger partial charge in [0.25, 0.3) is 0 Å². The molecule has 1 aromatic rings. The fourth-order valence-corrected chi connectivity index (χ4v) is 4.06. The van der Waals surface area contributed by atoms with Gasteiger partial charge in [-0.15, -0.1) is 0 Å². The van der Waals surface area contributed by atoms with E-state index in [4.69, 9.17) is 0 Å².